The molecular formula is C19H31IN4O3. The van der Waals surface area contributed by atoms with Crippen molar-refractivity contribution in [3.8, 4) is 0 Å². The Morgan fingerprint density at radius 1 is 1.30 bits per heavy atom. The molecule has 0 saturated heterocycles. The lowest BCUT2D eigenvalue weighted by molar-refractivity contribution is -0.384. The Labute approximate surface area is 178 Å². The second-order valence-corrected chi connectivity index (χ2v) is 6.87. The van der Waals surface area contributed by atoms with Crippen molar-refractivity contribution in [2.45, 2.75) is 51.6 Å². The van der Waals surface area contributed by atoms with Crippen LogP contribution < -0.4 is 10.6 Å². The van der Waals surface area contributed by atoms with E-state index in [2.05, 4.69) is 22.5 Å². The van der Waals surface area contributed by atoms with E-state index in [1.165, 1.54) is 31.4 Å². The molecule has 152 valence electrons. The van der Waals surface area contributed by atoms with Gasteiger partial charge in [-0.05, 0) is 30.7 Å². The standard InChI is InChI=1S/C19H30N4O3.HI/c1-15-6-3-4-7-18(15)22-19(20-12-5-13-26-2)21-14-16-8-10-17(11-9-16)23(24)25;/h8-11,15,18H,3-7,12-14H2,1-2H3,(H2,20,21,22);1H. The van der Waals surface area contributed by atoms with E-state index in [1.807, 2.05) is 0 Å². The van der Waals surface area contributed by atoms with Gasteiger partial charge in [-0.15, -0.1) is 24.0 Å². The molecule has 2 unspecified atom stereocenters. The summed E-state index contributed by atoms with van der Waals surface area (Å²) in [6.45, 7) is 4.28. The molecule has 0 heterocycles. The minimum Gasteiger partial charge on any atom is -0.385 e. The normalized spacial score (nSPS) is 19.9. The van der Waals surface area contributed by atoms with E-state index < -0.39 is 0 Å². The Kier molecular flexibility index (Phi) is 11.3. The van der Waals surface area contributed by atoms with E-state index in [4.69, 9.17) is 4.74 Å². The number of ether oxygens (including phenoxy) is 1. The van der Waals surface area contributed by atoms with Crippen LogP contribution >= 0.6 is 24.0 Å². The summed E-state index contributed by atoms with van der Waals surface area (Å²) in [5.74, 6) is 1.44. The van der Waals surface area contributed by atoms with E-state index in [9.17, 15) is 10.1 Å². The Bertz CT molecular complexity index is 595. The number of nitrogens with one attached hydrogen (secondary N) is 2. The Morgan fingerprint density at radius 2 is 2.00 bits per heavy atom. The summed E-state index contributed by atoms with van der Waals surface area (Å²) in [4.78, 5) is 15.0. The number of methoxy groups -OCH3 is 1. The van der Waals surface area contributed by atoms with Gasteiger partial charge >= 0.3 is 0 Å². The fourth-order valence-electron chi connectivity index (χ4n) is 3.18. The molecule has 1 saturated carbocycles. The lowest BCUT2D eigenvalue weighted by Crippen LogP contribution is -2.47. The summed E-state index contributed by atoms with van der Waals surface area (Å²) in [6.07, 6.45) is 5.88. The van der Waals surface area contributed by atoms with Crippen LogP contribution in [0.5, 0.6) is 0 Å². The molecule has 0 aromatic heterocycles. The topological polar surface area (TPSA) is 88.8 Å². The Hall–Kier alpha value is -1.42. The zero-order chi connectivity index (χ0) is 18.8. The summed E-state index contributed by atoms with van der Waals surface area (Å²) in [5.41, 5.74) is 1.05. The molecule has 2 rings (SSSR count). The second kappa shape index (κ2) is 12.9. The van der Waals surface area contributed by atoms with Crippen molar-refractivity contribution in [1.29, 1.82) is 0 Å². The molecule has 1 fully saturated rings. The van der Waals surface area contributed by atoms with E-state index >= 15 is 0 Å². The van der Waals surface area contributed by atoms with Crippen LogP contribution in [0, 0.1) is 16.0 Å². The van der Waals surface area contributed by atoms with Crippen LogP contribution in [0.25, 0.3) is 0 Å². The lowest BCUT2D eigenvalue weighted by Gasteiger charge is -2.31. The van der Waals surface area contributed by atoms with Crippen molar-refractivity contribution in [3.63, 3.8) is 0 Å². The van der Waals surface area contributed by atoms with Gasteiger partial charge in [-0.1, -0.05) is 31.9 Å². The minimum atomic E-state index is -0.387. The highest BCUT2D eigenvalue weighted by molar-refractivity contribution is 14.0. The molecule has 1 aliphatic rings. The Morgan fingerprint density at radius 3 is 2.63 bits per heavy atom. The smallest absolute Gasteiger partial charge is 0.269 e. The number of non-ortho nitro benzene ring substituents is 1. The van der Waals surface area contributed by atoms with Crippen molar-refractivity contribution in [3.05, 3.63) is 39.9 Å². The number of hydrogen-bond donors (Lipinski definition) is 2. The maximum atomic E-state index is 10.7. The van der Waals surface area contributed by atoms with Gasteiger partial charge in [0.05, 0.1) is 11.5 Å². The summed E-state index contributed by atoms with van der Waals surface area (Å²) < 4.78 is 5.10. The highest BCUT2D eigenvalue weighted by atomic mass is 127. The summed E-state index contributed by atoms with van der Waals surface area (Å²) in [6, 6.07) is 7.00. The molecule has 0 aliphatic heterocycles. The lowest BCUT2D eigenvalue weighted by atomic mass is 9.86. The van der Waals surface area contributed by atoms with Gasteiger partial charge in [-0.25, -0.2) is 4.99 Å². The van der Waals surface area contributed by atoms with Crippen LogP contribution in [0.2, 0.25) is 0 Å². The monoisotopic (exact) mass is 490 g/mol. The molecule has 8 heteroatoms. The van der Waals surface area contributed by atoms with Crippen LogP contribution in [-0.2, 0) is 11.3 Å². The van der Waals surface area contributed by atoms with E-state index in [0.717, 1.165) is 30.9 Å². The molecule has 0 bridgehead atoms. The number of rotatable bonds is 8. The number of halogens is 1. The van der Waals surface area contributed by atoms with Gasteiger partial charge in [-0.3, -0.25) is 10.1 Å². The number of aliphatic imine (C=N–C) groups is 1. The molecule has 0 spiro atoms. The van der Waals surface area contributed by atoms with Crippen LogP contribution in [0.3, 0.4) is 0 Å². The molecule has 0 amide bonds. The minimum absolute atomic E-state index is 0. The number of guanidine groups is 1. The largest absolute Gasteiger partial charge is 0.385 e. The summed E-state index contributed by atoms with van der Waals surface area (Å²) >= 11 is 0. The third kappa shape index (κ3) is 8.42. The number of nitro groups is 1. The van der Waals surface area contributed by atoms with Crippen LogP contribution in [0.4, 0.5) is 5.69 Å². The van der Waals surface area contributed by atoms with Gasteiger partial charge in [0.15, 0.2) is 5.96 Å². The van der Waals surface area contributed by atoms with Crippen molar-refractivity contribution in [2.24, 2.45) is 10.9 Å². The quantitative estimate of drug-likeness (QED) is 0.144. The van der Waals surface area contributed by atoms with Gasteiger partial charge in [0.1, 0.15) is 0 Å². The average Bonchev–Trinajstić information content (AvgIpc) is 2.65. The maximum absolute atomic E-state index is 10.7. The van der Waals surface area contributed by atoms with Crippen molar-refractivity contribution >= 4 is 35.6 Å². The molecular weight excluding hydrogens is 459 g/mol. The summed E-state index contributed by atoms with van der Waals surface area (Å²) in [5, 5.41) is 17.7. The zero-order valence-electron chi connectivity index (χ0n) is 16.1. The van der Waals surface area contributed by atoms with E-state index in [-0.39, 0.29) is 34.6 Å². The molecule has 1 aromatic carbocycles. The molecule has 7 nitrogen and oxygen atoms in total. The van der Waals surface area contributed by atoms with Gasteiger partial charge in [-0.2, -0.15) is 0 Å². The fourth-order valence-corrected chi connectivity index (χ4v) is 3.18. The van der Waals surface area contributed by atoms with Crippen LogP contribution in [-0.4, -0.2) is 37.2 Å². The highest BCUT2D eigenvalue weighted by Gasteiger charge is 2.22. The Balaban J connectivity index is 0.00000364. The molecule has 2 atom stereocenters. The first-order valence-corrected chi connectivity index (χ1v) is 9.37. The van der Waals surface area contributed by atoms with Crippen molar-refractivity contribution in [1.82, 2.24) is 10.6 Å². The van der Waals surface area contributed by atoms with Crippen LogP contribution in [0.1, 0.15) is 44.6 Å². The van der Waals surface area contributed by atoms with Gasteiger partial charge < -0.3 is 15.4 Å². The van der Waals surface area contributed by atoms with Crippen molar-refractivity contribution < 1.29 is 9.66 Å². The first-order chi connectivity index (χ1) is 12.6. The number of nitro benzene ring substituents is 1. The third-order valence-corrected chi connectivity index (χ3v) is 4.82. The average molecular weight is 490 g/mol. The third-order valence-electron chi connectivity index (χ3n) is 4.82. The molecule has 1 aromatic rings. The van der Waals surface area contributed by atoms with E-state index in [1.54, 1.807) is 19.2 Å². The fraction of sp³-hybridized carbons (Fsp3) is 0.632. The van der Waals surface area contributed by atoms with Crippen LogP contribution in [0.15, 0.2) is 29.3 Å². The van der Waals surface area contributed by atoms with Gasteiger partial charge in [0.25, 0.3) is 5.69 Å². The first kappa shape index (κ1) is 23.6. The molecule has 2 N–H and O–H groups in total. The predicted octanol–water partition coefficient (Wildman–Crippen LogP) is 3.86. The molecule has 1 aliphatic carbocycles. The molecule has 27 heavy (non-hydrogen) atoms. The van der Waals surface area contributed by atoms with Gasteiger partial charge in [0.2, 0.25) is 0 Å². The number of hydrogen-bond acceptors (Lipinski definition) is 4. The van der Waals surface area contributed by atoms with Gasteiger partial charge in [0, 0.05) is 38.4 Å². The highest BCUT2D eigenvalue weighted by Crippen LogP contribution is 2.23. The zero-order valence-corrected chi connectivity index (χ0v) is 18.5. The maximum Gasteiger partial charge on any atom is 0.269 e. The van der Waals surface area contributed by atoms with E-state index in [0.29, 0.717) is 25.1 Å². The number of nitrogens with zero attached hydrogens (tertiary/aromatic N) is 2. The number of benzene rings is 1. The van der Waals surface area contributed by atoms with Crippen molar-refractivity contribution in [2.75, 3.05) is 20.3 Å². The first-order valence-electron chi connectivity index (χ1n) is 9.37. The molecule has 0 radical (unpaired) electrons. The SMILES string of the molecule is COCCCNC(=NCc1ccc([N+](=O)[O-])cc1)NC1CCCCC1C.I. The predicted molar refractivity (Wildman–Crippen MR) is 119 cm³/mol. The summed E-state index contributed by atoms with van der Waals surface area (Å²) in [7, 11) is 1.70. The second-order valence-electron chi connectivity index (χ2n) is 6.87.